The molecule has 0 aliphatic carbocycles. The number of nitrogens with one attached hydrogen (secondary N) is 1. The molecule has 0 radical (unpaired) electrons. The molecule has 0 atom stereocenters. The number of ether oxygens (including phenoxy) is 1. The molecule has 19 heavy (non-hydrogen) atoms. The van der Waals surface area contributed by atoms with Crippen molar-refractivity contribution in [3.05, 3.63) is 11.9 Å². The van der Waals surface area contributed by atoms with Crippen molar-refractivity contribution in [3.8, 4) is 0 Å². The Balaban J connectivity index is 2.95. The highest BCUT2D eigenvalue weighted by molar-refractivity contribution is 7.89. The minimum atomic E-state index is -3.61. The number of hydrogen-bond donors (Lipinski definition) is 2. The van der Waals surface area contributed by atoms with Crippen LogP contribution in [0.3, 0.4) is 0 Å². The zero-order chi connectivity index (χ0) is 14.5. The summed E-state index contributed by atoms with van der Waals surface area (Å²) in [4.78, 5) is 0.438. The van der Waals surface area contributed by atoms with Crippen molar-refractivity contribution in [2.24, 2.45) is 5.73 Å². The first-order valence-electron chi connectivity index (χ1n) is 5.67. The normalized spacial score (nSPS) is 11.9. The van der Waals surface area contributed by atoms with Crippen molar-refractivity contribution in [1.29, 1.82) is 0 Å². The van der Waals surface area contributed by atoms with Crippen molar-refractivity contribution >= 4 is 27.2 Å². The first-order chi connectivity index (χ1) is 8.89. The van der Waals surface area contributed by atoms with Crippen molar-refractivity contribution in [1.82, 2.24) is 14.5 Å². The second-order valence-electron chi connectivity index (χ2n) is 3.97. The van der Waals surface area contributed by atoms with Crippen molar-refractivity contribution in [2.45, 2.75) is 18.2 Å². The Morgan fingerprint density at radius 1 is 1.58 bits per heavy atom. The Labute approximate surface area is 118 Å². The van der Waals surface area contributed by atoms with E-state index in [1.165, 1.54) is 17.6 Å². The second-order valence-corrected chi connectivity index (χ2v) is 6.40. The van der Waals surface area contributed by atoms with Crippen molar-refractivity contribution < 1.29 is 13.2 Å². The Morgan fingerprint density at radius 2 is 2.26 bits per heavy atom. The van der Waals surface area contributed by atoms with E-state index in [0.29, 0.717) is 18.7 Å². The van der Waals surface area contributed by atoms with Gasteiger partial charge in [0.1, 0.15) is 4.90 Å². The number of aromatic nitrogens is 2. The largest absolute Gasteiger partial charge is 0.393 e. The summed E-state index contributed by atoms with van der Waals surface area (Å²) < 4.78 is 31.1. The Morgan fingerprint density at radius 3 is 2.74 bits per heavy atom. The summed E-state index contributed by atoms with van der Waals surface area (Å²) in [5.74, 6) is 0. The van der Waals surface area contributed by atoms with E-state index in [1.54, 1.807) is 6.92 Å². The number of nitrogens with two attached hydrogens (primary N) is 1. The monoisotopic (exact) mass is 306 g/mol. The summed E-state index contributed by atoms with van der Waals surface area (Å²) in [5.41, 5.74) is 5.92. The summed E-state index contributed by atoms with van der Waals surface area (Å²) in [7, 11) is -2.10. The van der Waals surface area contributed by atoms with E-state index in [-0.39, 0.29) is 23.0 Å². The molecule has 1 aromatic rings. The van der Waals surface area contributed by atoms with Gasteiger partial charge in [-0.25, -0.2) is 8.42 Å². The smallest absolute Gasteiger partial charge is 0.246 e. The van der Waals surface area contributed by atoms with E-state index in [1.807, 2.05) is 0 Å². The highest BCUT2D eigenvalue weighted by atomic mass is 32.2. The number of sulfonamides is 1. The van der Waals surface area contributed by atoms with Gasteiger partial charge in [-0.05, 0) is 6.92 Å². The molecule has 1 heterocycles. The lowest BCUT2D eigenvalue weighted by atomic mass is 10.4. The average Bonchev–Trinajstić information content (AvgIpc) is 2.75. The number of thiocarbonyl (C=S) groups is 1. The summed E-state index contributed by atoms with van der Waals surface area (Å²) in [6, 6.07) is 0. The SMILES string of the molecule is COCCN(CCC(N)=S)S(=O)(=O)c1cn[nH]c1C. The van der Waals surface area contributed by atoms with Crippen LogP contribution in [0.5, 0.6) is 0 Å². The molecule has 1 rings (SSSR count). The molecule has 0 aliphatic rings. The zero-order valence-corrected chi connectivity index (χ0v) is 12.6. The molecule has 0 fully saturated rings. The van der Waals surface area contributed by atoms with Gasteiger partial charge >= 0.3 is 0 Å². The molecule has 0 saturated heterocycles. The molecule has 0 unspecified atom stereocenters. The van der Waals surface area contributed by atoms with Crippen molar-refractivity contribution in [2.75, 3.05) is 26.8 Å². The third-order valence-corrected chi connectivity index (χ3v) is 4.77. The van der Waals surface area contributed by atoms with E-state index in [2.05, 4.69) is 10.2 Å². The Hall–Kier alpha value is -1.03. The summed E-state index contributed by atoms with van der Waals surface area (Å²) in [6.45, 7) is 2.42. The maximum Gasteiger partial charge on any atom is 0.246 e. The van der Waals surface area contributed by atoms with Gasteiger partial charge in [0.05, 0.1) is 23.5 Å². The molecule has 0 amide bonds. The molecular formula is C10H18N4O3S2. The van der Waals surface area contributed by atoms with Crippen LogP contribution in [0.4, 0.5) is 0 Å². The summed E-state index contributed by atoms with van der Waals surface area (Å²) in [5, 5.41) is 6.35. The standard InChI is InChI=1S/C10H18N4O3S2/c1-8-9(7-12-13-8)19(15,16)14(5-6-17-2)4-3-10(11)18/h7H,3-6H2,1-2H3,(H2,11,18)(H,12,13). The van der Waals surface area contributed by atoms with E-state index in [0.717, 1.165) is 0 Å². The number of methoxy groups -OCH3 is 1. The predicted octanol–water partition coefficient (Wildman–Crippen LogP) is 0.0314. The van der Waals surface area contributed by atoms with Gasteiger partial charge in [-0.1, -0.05) is 12.2 Å². The maximum absolute atomic E-state index is 12.5. The number of H-pyrrole nitrogens is 1. The number of aryl methyl sites for hydroxylation is 1. The molecule has 0 bridgehead atoms. The lowest BCUT2D eigenvalue weighted by Gasteiger charge is -2.21. The average molecular weight is 306 g/mol. The summed E-state index contributed by atoms with van der Waals surface area (Å²) in [6.07, 6.45) is 1.63. The van der Waals surface area contributed by atoms with Crippen LogP contribution in [0.25, 0.3) is 0 Å². The molecule has 7 nitrogen and oxygen atoms in total. The van der Waals surface area contributed by atoms with Crippen LogP contribution >= 0.6 is 12.2 Å². The minimum absolute atomic E-state index is 0.159. The van der Waals surface area contributed by atoms with Gasteiger partial charge < -0.3 is 10.5 Å². The number of rotatable bonds is 8. The fraction of sp³-hybridized carbons (Fsp3) is 0.600. The Kier molecular flexibility index (Phi) is 5.85. The highest BCUT2D eigenvalue weighted by Gasteiger charge is 2.26. The van der Waals surface area contributed by atoms with Gasteiger partial charge in [0.15, 0.2) is 0 Å². The molecule has 1 aromatic heterocycles. The lowest BCUT2D eigenvalue weighted by Crippen LogP contribution is -2.36. The van der Waals surface area contributed by atoms with Crippen LogP contribution in [0.1, 0.15) is 12.1 Å². The first kappa shape index (κ1) is 16.0. The number of hydrogen-bond acceptors (Lipinski definition) is 5. The van der Waals surface area contributed by atoms with Crippen LogP contribution in [-0.2, 0) is 14.8 Å². The maximum atomic E-state index is 12.5. The third kappa shape index (κ3) is 4.23. The van der Waals surface area contributed by atoms with Gasteiger partial charge in [0.25, 0.3) is 0 Å². The van der Waals surface area contributed by atoms with Crippen LogP contribution in [0.2, 0.25) is 0 Å². The highest BCUT2D eigenvalue weighted by Crippen LogP contribution is 2.17. The van der Waals surface area contributed by atoms with Crippen LogP contribution in [0.15, 0.2) is 11.1 Å². The molecule has 108 valence electrons. The molecular weight excluding hydrogens is 288 g/mol. The molecule has 0 aromatic carbocycles. The number of aromatic amines is 1. The van der Waals surface area contributed by atoms with E-state index in [4.69, 9.17) is 22.7 Å². The summed E-state index contributed by atoms with van der Waals surface area (Å²) >= 11 is 4.78. The number of nitrogens with zero attached hydrogens (tertiary/aromatic N) is 2. The van der Waals surface area contributed by atoms with E-state index >= 15 is 0 Å². The second kappa shape index (κ2) is 6.94. The Bertz CT molecular complexity index is 527. The fourth-order valence-electron chi connectivity index (χ4n) is 1.52. The molecule has 0 saturated carbocycles. The molecule has 0 spiro atoms. The van der Waals surface area contributed by atoms with Crippen LogP contribution in [0, 0.1) is 6.92 Å². The van der Waals surface area contributed by atoms with Gasteiger partial charge in [-0.3, -0.25) is 5.10 Å². The van der Waals surface area contributed by atoms with Crippen LogP contribution in [-0.4, -0.2) is 54.7 Å². The topological polar surface area (TPSA) is 101 Å². The predicted molar refractivity (Wildman–Crippen MR) is 75.4 cm³/mol. The zero-order valence-electron chi connectivity index (χ0n) is 10.9. The van der Waals surface area contributed by atoms with E-state index < -0.39 is 10.0 Å². The lowest BCUT2D eigenvalue weighted by molar-refractivity contribution is 0.179. The molecule has 9 heteroatoms. The third-order valence-electron chi connectivity index (χ3n) is 2.55. The minimum Gasteiger partial charge on any atom is -0.393 e. The van der Waals surface area contributed by atoms with Gasteiger partial charge in [-0.15, -0.1) is 0 Å². The van der Waals surface area contributed by atoms with Gasteiger partial charge in [0.2, 0.25) is 10.0 Å². The first-order valence-corrected chi connectivity index (χ1v) is 7.51. The van der Waals surface area contributed by atoms with E-state index in [9.17, 15) is 8.42 Å². The van der Waals surface area contributed by atoms with Gasteiger partial charge in [-0.2, -0.15) is 9.40 Å². The van der Waals surface area contributed by atoms with Crippen LogP contribution < -0.4 is 5.73 Å². The van der Waals surface area contributed by atoms with Crippen molar-refractivity contribution in [3.63, 3.8) is 0 Å². The molecule has 3 N–H and O–H groups in total. The molecule has 0 aliphatic heterocycles. The fourth-order valence-corrected chi connectivity index (χ4v) is 3.15. The quantitative estimate of drug-likeness (QED) is 0.657. The van der Waals surface area contributed by atoms with Gasteiger partial charge in [0, 0.05) is 26.6 Å².